The Labute approximate surface area is 101 Å². The van der Waals surface area contributed by atoms with Gasteiger partial charge in [0.15, 0.2) is 20.3 Å². The zero-order valence-electron chi connectivity index (χ0n) is 8.27. The van der Waals surface area contributed by atoms with Crippen LogP contribution >= 0.6 is 15.9 Å². The lowest BCUT2D eigenvalue weighted by Gasteiger charge is -2.08. The number of rotatable bonds is 2. The minimum atomic E-state index is -2.97. The van der Waals surface area contributed by atoms with E-state index in [-0.39, 0.29) is 29.2 Å². The van der Waals surface area contributed by atoms with Crippen LogP contribution in [-0.4, -0.2) is 31.9 Å². The molecule has 1 aromatic heterocycles. The molecule has 0 aromatic carbocycles. The lowest BCUT2D eigenvalue weighted by Crippen LogP contribution is -2.35. The van der Waals surface area contributed by atoms with E-state index in [9.17, 15) is 13.2 Å². The number of nitrogens with one attached hydrogen (secondary N) is 1. The van der Waals surface area contributed by atoms with E-state index in [0.717, 1.165) is 0 Å². The predicted octanol–water partition coefficient (Wildman–Crippen LogP) is 0.959. The van der Waals surface area contributed by atoms with Gasteiger partial charge in [0.05, 0.1) is 11.5 Å². The Balaban J connectivity index is 1.99. The van der Waals surface area contributed by atoms with Crippen molar-refractivity contribution in [3.63, 3.8) is 0 Å². The third kappa shape index (κ3) is 2.65. The summed E-state index contributed by atoms with van der Waals surface area (Å²) in [5.74, 6) is -0.0515. The van der Waals surface area contributed by atoms with Gasteiger partial charge in [0.1, 0.15) is 0 Å². The van der Waals surface area contributed by atoms with Crippen molar-refractivity contribution in [2.75, 3.05) is 11.5 Å². The van der Waals surface area contributed by atoms with Crippen LogP contribution < -0.4 is 5.32 Å². The third-order valence-electron chi connectivity index (χ3n) is 2.36. The van der Waals surface area contributed by atoms with E-state index in [1.54, 1.807) is 6.07 Å². The number of carbonyl (C=O) groups is 1. The largest absolute Gasteiger partial charge is 0.444 e. The second-order valence-corrected chi connectivity index (χ2v) is 6.69. The number of hydrogen-bond acceptors (Lipinski definition) is 4. The Morgan fingerprint density at radius 2 is 2.25 bits per heavy atom. The van der Waals surface area contributed by atoms with Gasteiger partial charge in [-0.1, -0.05) is 0 Å². The number of amides is 1. The molecule has 2 heterocycles. The number of hydrogen-bond donors (Lipinski definition) is 1. The fourth-order valence-corrected chi connectivity index (χ4v) is 3.58. The van der Waals surface area contributed by atoms with Crippen LogP contribution in [0.1, 0.15) is 17.0 Å². The summed E-state index contributed by atoms with van der Waals surface area (Å²) < 4.78 is 27.9. The van der Waals surface area contributed by atoms with E-state index in [1.807, 2.05) is 0 Å². The van der Waals surface area contributed by atoms with Crippen LogP contribution in [0.2, 0.25) is 0 Å². The van der Waals surface area contributed by atoms with Crippen molar-refractivity contribution in [2.24, 2.45) is 0 Å². The first-order valence-electron chi connectivity index (χ1n) is 4.73. The molecular formula is C9H10BrNO4S. The molecule has 1 fully saturated rings. The molecule has 0 unspecified atom stereocenters. The predicted molar refractivity (Wildman–Crippen MR) is 60.9 cm³/mol. The standard InChI is InChI=1S/C9H10BrNO4S/c10-8-2-1-7(15-8)9(12)11-6-3-4-16(13,14)5-6/h1-2,6H,3-5H2,(H,11,12)/t6-/m0/s1. The van der Waals surface area contributed by atoms with Gasteiger partial charge in [-0.3, -0.25) is 4.79 Å². The maximum absolute atomic E-state index is 11.6. The van der Waals surface area contributed by atoms with Gasteiger partial charge in [-0.05, 0) is 34.5 Å². The highest BCUT2D eigenvalue weighted by Crippen LogP contribution is 2.16. The third-order valence-corrected chi connectivity index (χ3v) is 4.56. The molecule has 1 saturated heterocycles. The SMILES string of the molecule is O=C(N[C@H]1CCS(=O)(=O)C1)c1ccc(Br)o1. The molecule has 7 heteroatoms. The molecule has 1 aliphatic heterocycles. The van der Waals surface area contributed by atoms with Crippen molar-refractivity contribution in [1.82, 2.24) is 5.32 Å². The minimum absolute atomic E-state index is 0.0145. The Bertz CT molecular complexity index is 507. The number of carbonyl (C=O) groups excluding carboxylic acids is 1. The van der Waals surface area contributed by atoms with E-state index in [0.29, 0.717) is 11.1 Å². The van der Waals surface area contributed by atoms with Crippen molar-refractivity contribution >= 4 is 31.7 Å². The van der Waals surface area contributed by atoms with Gasteiger partial charge in [-0.25, -0.2) is 8.42 Å². The van der Waals surface area contributed by atoms with Crippen LogP contribution in [-0.2, 0) is 9.84 Å². The minimum Gasteiger partial charge on any atom is -0.444 e. The highest BCUT2D eigenvalue weighted by Gasteiger charge is 2.29. The molecule has 0 aliphatic carbocycles. The molecule has 2 rings (SSSR count). The van der Waals surface area contributed by atoms with E-state index in [4.69, 9.17) is 4.42 Å². The first-order chi connectivity index (χ1) is 7.46. The molecule has 1 aliphatic rings. The molecule has 1 aromatic rings. The van der Waals surface area contributed by atoms with E-state index < -0.39 is 9.84 Å². The summed E-state index contributed by atoms with van der Waals surface area (Å²) in [7, 11) is -2.97. The quantitative estimate of drug-likeness (QED) is 0.883. The fourth-order valence-electron chi connectivity index (χ4n) is 1.60. The van der Waals surface area contributed by atoms with E-state index >= 15 is 0 Å². The molecule has 0 saturated carbocycles. The van der Waals surface area contributed by atoms with Crippen molar-refractivity contribution in [3.8, 4) is 0 Å². The first-order valence-corrected chi connectivity index (χ1v) is 7.34. The van der Waals surface area contributed by atoms with Crippen LogP contribution in [0.3, 0.4) is 0 Å². The highest BCUT2D eigenvalue weighted by atomic mass is 79.9. The van der Waals surface area contributed by atoms with Crippen molar-refractivity contribution < 1.29 is 17.6 Å². The van der Waals surface area contributed by atoms with Crippen LogP contribution in [0, 0.1) is 0 Å². The summed E-state index contributed by atoms with van der Waals surface area (Å²) in [5, 5.41) is 2.63. The lowest BCUT2D eigenvalue weighted by atomic mass is 10.2. The molecule has 88 valence electrons. The molecule has 0 bridgehead atoms. The van der Waals surface area contributed by atoms with Gasteiger partial charge >= 0.3 is 0 Å². The summed E-state index contributed by atoms with van der Waals surface area (Å²) in [6, 6.07) is 2.84. The average Bonchev–Trinajstić information content (AvgIpc) is 2.73. The number of sulfone groups is 1. The van der Waals surface area contributed by atoms with Crippen LogP contribution in [0.25, 0.3) is 0 Å². The van der Waals surface area contributed by atoms with Gasteiger partial charge < -0.3 is 9.73 Å². The molecule has 16 heavy (non-hydrogen) atoms. The molecule has 5 nitrogen and oxygen atoms in total. The molecule has 1 atom stereocenters. The summed E-state index contributed by atoms with van der Waals surface area (Å²) >= 11 is 3.09. The topological polar surface area (TPSA) is 76.4 Å². The van der Waals surface area contributed by atoms with Gasteiger partial charge in [-0.15, -0.1) is 0 Å². The Hall–Kier alpha value is -0.820. The van der Waals surface area contributed by atoms with Crippen LogP contribution in [0.4, 0.5) is 0 Å². The van der Waals surface area contributed by atoms with Gasteiger partial charge in [0.2, 0.25) is 0 Å². The maximum atomic E-state index is 11.6. The van der Waals surface area contributed by atoms with Crippen molar-refractivity contribution in [3.05, 3.63) is 22.6 Å². The summed E-state index contributed by atoms with van der Waals surface area (Å²) in [5.41, 5.74) is 0. The Kier molecular flexibility index (Phi) is 3.07. The second-order valence-electron chi connectivity index (χ2n) is 3.68. The van der Waals surface area contributed by atoms with Crippen LogP contribution in [0.5, 0.6) is 0 Å². The van der Waals surface area contributed by atoms with Crippen LogP contribution in [0.15, 0.2) is 21.2 Å². The smallest absolute Gasteiger partial charge is 0.287 e. The van der Waals surface area contributed by atoms with E-state index in [1.165, 1.54) is 6.07 Å². The fraction of sp³-hybridized carbons (Fsp3) is 0.444. The summed E-state index contributed by atoms with van der Waals surface area (Å²) in [6.07, 6.45) is 0.468. The normalized spacial score (nSPS) is 23.2. The number of halogens is 1. The van der Waals surface area contributed by atoms with Crippen molar-refractivity contribution in [1.29, 1.82) is 0 Å². The molecule has 0 spiro atoms. The zero-order chi connectivity index (χ0) is 11.8. The summed E-state index contributed by atoms with van der Waals surface area (Å²) in [6.45, 7) is 0. The molecule has 0 radical (unpaired) electrons. The number of furan rings is 1. The van der Waals surface area contributed by atoms with Gasteiger partial charge in [0, 0.05) is 6.04 Å². The highest BCUT2D eigenvalue weighted by molar-refractivity contribution is 9.10. The first kappa shape index (κ1) is 11.7. The van der Waals surface area contributed by atoms with Crippen molar-refractivity contribution in [2.45, 2.75) is 12.5 Å². The van der Waals surface area contributed by atoms with Gasteiger partial charge in [-0.2, -0.15) is 0 Å². The lowest BCUT2D eigenvalue weighted by molar-refractivity contribution is 0.0912. The second kappa shape index (κ2) is 4.21. The zero-order valence-corrected chi connectivity index (χ0v) is 10.7. The maximum Gasteiger partial charge on any atom is 0.287 e. The molecular weight excluding hydrogens is 298 g/mol. The monoisotopic (exact) mass is 307 g/mol. The molecule has 1 amide bonds. The Morgan fingerprint density at radius 3 is 2.75 bits per heavy atom. The van der Waals surface area contributed by atoms with E-state index in [2.05, 4.69) is 21.2 Å². The molecule has 1 N–H and O–H groups in total. The Morgan fingerprint density at radius 1 is 1.50 bits per heavy atom. The summed E-state index contributed by atoms with van der Waals surface area (Å²) in [4.78, 5) is 11.6. The van der Waals surface area contributed by atoms with Gasteiger partial charge in [0.25, 0.3) is 5.91 Å². The average molecular weight is 308 g/mol.